The number of hydrogen-bond acceptors (Lipinski definition) is 5. The Kier molecular flexibility index (Phi) is 12.6. The van der Waals surface area contributed by atoms with Gasteiger partial charge < -0.3 is 29.8 Å². The maximum atomic E-state index is 12.0. The summed E-state index contributed by atoms with van der Waals surface area (Å²) in [5.74, 6) is 1.89. The minimum absolute atomic E-state index is 0. The van der Waals surface area contributed by atoms with E-state index >= 15 is 0 Å². The number of nitrogens with zero attached hydrogens (tertiary/aromatic N) is 1. The van der Waals surface area contributed by atoms with Gasteiger partial charge in [0.05, 0.1) is 26.0 Å². The Labute approximate surface area is 194 Å². The molecule has 1 aromatic heterocycles. The molecule has 0 fully saturated rings. The highest BCUT2D eigenvalue weighted by molar-refractivity contribution is 14.0. The van der Waals surface area contributed by atoms with E-state index in [4.69, 9.17) is 13.9 Å². The third-order valence-electron chi connectivity index (χ3n) is 4.04. The number of ether oxygens (including phenoxy) is 2. The zero-order valence-electron chi connectivity index (χ0n) is 17.7. The Hall–Kier alpha value is -2.27. The van der Waals surface area contributed by atoms with E-state index in [0.29, 0.717) is 44.6 Å². The number of carbonyl (C=O) groups excluding carboxylic acids is 1. The van der Waals surface area contributed by atoms with E-state index in [1.165, 1.54) is 0 Å². The largest absolute Gasteiger partial charge is 0.491 e. The highest BCUT2D eigenvalue weighted by Crippen LogP contribution is 2.20. The monoisotopic (exact) mass is 530 g/mol. The smallest absolute Gasteiger partial charge is 0.239 e. The van der Waals surface area contributed by atoms with Crippen LogP contribution >= 0.6 is 24.0 Å². The average molecular weight is 530 g/mol. The summed E-state index contributed by atoms with van der Waals surface area (Å²) in [6, 6.07) is 9.64. The summed E-state index contributed by atoms with van der Waals surface area (Å²) in [5, 5.41) is 8.97. The van der Waals surface area contributed by atoms with Crippen LogP contribution in [0.3, 0.4) is 0 Å². The predicted octanol–water partition coefficient (Wildman–Crippen LogP) is 2.60. The molecule has 2 rings (SSSR count). The second-order valence-electron chi connectivity index (χ2n) is 6.29. The summed E-state index contributed by atoms with van der Waals surface area (Å²) in [6.45, 7) is 6.66. The van der Waals surface area contributed by atoms with Crippen LogP contribution in [0.1, 0.15) is 23.8 Å². The maximum Gasteiger partial charge on any atom is 0.239 e. The first-order valence-electron chi connectivity index (χ1n) is 9.66. The number of aryl methyl sites for hydroxylation is 1. The van der Waals surface area contributed by atoms with Crippen LogP contribution in [0.2, 0.25) is 0 Å². The molecule has 0 aliphatic rings. The molecule has 1 amide bonds. The third-order valence-corrected chi connectivity index (χ3v) is 4.04. The quantitative estimate of drug-likeness (QED) is 0.179. The first-order valence-corrected chi connectivity index (χ1v) is 9.66. The zero-order chi connectivity index (χ0) is 20.9. The number of halogens is 1. The molecule has 8 nitrogen and oxygen atoms in total. The summed E-state index contributed by atoms with van der Waals surface area (Å²) < 4.78 is 16.4. The molecule has 0 saturated heterocycles. The van der Waals surface area contributed by atoms with Crippen molar-refractivity contribution in [3.63, 3.8) is 0 Å². The van der Waals surface area contributed by atoms with Crippen molar-refractivity contribution in [2.75, 3.05) is 33.4 Å². The van der Waals surface area contributed by atoms with Gasteiger partial charge in [0.2, 0.25) is 5.91 Å². The maximum absolute atomic E-state index is 12.0. The van der Waals surface area contributed by atoms with Crippen molar-refractivity contribution >= 4 is 35.8 Å². The van der Waals surface area contributed by atoms with Crippen molar-refractivity contribution in [2.45, 2.75) is 26.9 Å². The Morgan fingerprint density at radius 3 is 2.67 bits per heavy atom. The number of hydrogen-bond donors (Lipinski definition) is 3. The number of benzene rings is 1. The van der Waals surface area contributed by atoms with Crippen molar-refractivity contribution < 1.29 is 18.7 Å². The van der Waals surface area contributed by atoms with Crippen molar-refractivity contribution in [3.8, 4) is 5.75 Å². The van der Waals surface area contributed by atoms with Gasteiger partial charge in [-0.1, -0.05) is 12.1 Å². The summed E-state index contributed by atoms with van der Waals surface area (Å²) in [4.78, 5) is 16.1. The van der Waals surface area contributed by atoms with E-state index in [1.54, 1.807) is 19.4 Å². The van der Waals surface area contributed by atoms with Gasteiger partial charge in [-0.15, -0.1) is 24.0 Å². The molecule has 0 spiro atoms. The summed E-state index contributed by atoms with van der Waals surface area (Å²) in [6.07, 6.45) is 1.57. The number of amides is 1. The molecule has 0 bridgehead atoms. The highest BCUT2D eigenvalue weighted by atomic mass is 127. The van der Waals surface area contributed by atoms with E-state index in [9.17, 15) is 4.79 Å². The van der Waals surface area contributed by atoms with E-state index in [2.05, 4.69) is 20.9 Å². The normalized spacial score (nSPS) is 10.8. The first-order chi connectivity index (χ1) is 14.1. The minimum atomic E-state index is -0.153. The molecule has 3 N–H and O–H groups in total. The van der Waals surface area contributed by atoms with Crippen LogP contribution in [0.4, 0.5) is 0 Å². The lowest BCUT2D eigenvalue weighted by molar-refractivity contribution is -0.120. The number of rotatable bonds is 11. The highest BCUT2D eigenvalue weighted by Gasteiger charge is 2.08. The van der Waals surface area contributed by atoms with Gasteiger partial charge >= 0.3 is 0 Å². The molecule has 2 aromatic rings. The lowest BCUT2D eigenvalue weighted by Gasteiger charge is -2.15. The number of guanidine groups is 1. The van der Waals surface area contributed by atoms with Crippen LogP contribution in [0.25, 0.3) is 0 Å². The molecular formula is C21H31IN4O4. The van der Waals surface area contributed by atoms with E-state index in [1.807, 2.05) is 38.1 Å². The van der Waals surface area contributed by atoms with Crippen molar-refractivity contribution in [3.05, 3.63) is 53.5 Å². The fraction of sp³-hybridized carbons (Fsp3) is 0.429. The van der Waals surface area contributed by atoms with Crippen LogP contribution < -0.4 is 20.7 Å². The molecule has 0 aliphatic carbocycles. The Bertz CT molecular complexity index is 781. The van der Waals surface area contributed by atoms with Crippen LogP contribution in [0.5, 0.6) is 5.75 Å². The van der Waals surface area contributed by atoms with Gasteiger partial charge in [-0.25, -0.2) is 0 Å². The predicted molar refractivity (Wildman–Crippen MR) is 127 cm³/mol. The number of nitrogens with one attached hydrogen (secondary N) is 3. The SMILES string of the molecule is CCOCCOc1cc(C)ccc1CNC(=NC)NCC(=O)NCc1ccco1.I. The Balaban J connectivity index is 0.00000450. The number of aliphatic imine (C=N–C) groups is 1. The van der Waals surface area contributed by atoms with Gasteiger partial charge in [-0.3, -0.25) is 9.79 Å². The summed E-state index contributed by atoms with van der Waals surface area (Å²) in [7, 11) is 1.66. The van der Waals surface area contributed by atoms with Crippen LogP contribution in [0, 0.1) is 6.92 Å². The summed E-state index contributed by atoms with van der Waals surface area (Å²) in [5.41, 5.74) is 2.12. The van der Waals surface area contributed by atoms with Crippen molar-refractivity contribution in [1.82, 2.24) is 16.0 Å². The summed E-state index contributed by atoms with van der Waals surface area (Å²) >= 11 is 0. The molecule has 1 heterocycles. The fourth-order valence-electron chi connectivity index (χ4n) is 2.52. The fourth-order valence-corrected chi connectivity index (χ4v) is 2.52. The van der Waals surface area contributed by atoms with Gasteiger partial charge in [-0.2, -0.15) is 0 Å². The molecule has 30 heavy (non-hydrogen) atoms. The average Bonchev–Trinajstić information content (AvgIpc) is 3.24. The Morgan fingerprint density at radius 1 is 1.13 bits per heavy atom. The molecule has 166 valence electrons. The Morgan fingerprint density at radius 2 is 1.97 bits per heavy atom. The van der Waals surface area contributed by atoms with Gasteiger partial charge in [-0.05, 0) is 37.6 Å². The van der Waals surface area contributed by atoms with Crippen molar-refractivity contribution in [2.24, 2.45) is 4.99 Å². The number of furan rings is 1. The van der Waals surface area contributed by atoms with Crippen LogP contribution in [-0.2, 0) is 22.6 Å². The lowest BCUT2D eigenvalue weighted by Crippen LogP contribution is -2.42. The van der Waals surface area contributed by atoms with Crippen molar-refractivity contribution in [1.29, 1.82) is 0 Å². The molecule has 0 unspecified atom stereocenters. The molecule has 9 heteroatoms. The molecule has 0 saturated carbocycles. The molecule has 0 aliphatic heterocycles. The minimum Gasteiger partial charge on any atom is -0.491 e. The zero-order valence-corrected chi connectivity index (χ0v) is 20.0. The molecule has 1 aromatic carbocycles. The van der Waals surface area contributed by atoms with Crippen LogP contribution in [-0.4, -0.2) is 45.3 Å². The lowest BCUT2D eigenvalue weighted by atomic mass is 10.1. The van der Waals surface area contributed by atoms with Gasteiger partial charge in [0.1, 0.15) is 18.1 Å². The molecule has 0 atom stereocenters. The second kappa shape index (κ2) is 14.7. The van der Waals surface area contributed by atoms with Gasteiger partial charge in [0.25, 0.3) is 0 Å². The van der Waals surface area contributed by atoms with Crippen LogP contribution in [0.15, 0.2) is 46.0 Å². The van der Waals surface area contributed by atoms with E-state index in [0.717, 1.165) is 16.9 Å². The van der Waals surface area contributed by atoms with E-state index in [-0.39, 0.29) is 36.4 Å². The van der Waals surface area contributed by atoms with Gasteiger partial charge in [0, 0.05) is 25.8 Å². The van der Waals surface area contributed by atoms with Gasteiger partial charge in [0.15, 0.2) is 5.96 Å². The molecular weight excluding hydrogens is 499 g/mol. The topological polar surface area (TPSA) is 97.1 Å². The number of carbonyl (C=O) groups is 1. The third kappa shape index (κ3) is 9.49. The molecule has 0 radical (unpaired) electrons. The van der Waals surface area contributed by atoms with E-state index < -0.39 is 0 Å². The first kappa shape index (κ1) is 25.8. The standard InChI is InChI=1S/C21H30N4O4.HI/c1-4-27-10-11-29-19-12-16(2)7-8-17(19)13-24-21(22-3)25-15-20(26)23-14-18-6-5-9-28-18;/h5-9,12H,4,10-11,13-15H2,1-3H3,(H,23,26)(H2,22,24,25);1H. The second-order valence-corrected chi connectivity index (χ2v) is 6.29.